The maximum Gasteiger partial charge on any atom is 0.244 e. The van der Waals surface area contributed by atoms with Gasteiger partial charge in [0, 0.05) is 10.9 Å². The van der Waals surface area contributed by atoms with E-state index in [1.807, 2.05) is 42.5 Å². The van der Waals surface area contributed by atoms with Gasteiger partial charge in [-0.25, -0.2) is 5.43 Å². The molecule has 0 bridgehead atoms. The van der Waals surface area contributed by atoms with Crippen LogP contribution in [-0.2, 0) is 11.4 Å². The van der Waals surface area contributed by atoms with Crippen LogP contribution in [0.25, 0.3) is 0 Å². The molecule has 0 aromatic heterocycles. The maximum absolute atomic E-state index is 12.5. The molecule has 1 amide bonds. The number of halogens is 1. The standard InChI is InChI=1S/C24H27ClN2O3/c1-24-12-4-3-5-19(24)22(24)23(28)27-26-14-17-8-11-20(21(13-17)29-2)30-15-16-6-9-18(25)10-7-16/h6-11,13-14,19,22H,3-5,12,15H2,1-2H3,(H,27,28)/b26-14-/t19-,22+,24+/m0/s1. The third-order valence-corrected chi connectivity index (χ3v) is 6.75. The number of hydrazone groups is 1. The van der Waals surface area contributed by atoms with E-state index in [1.54, 1.807) is 13.3 Å². The molecule has 30 heavy (non-hydrogen) atoms. The van der Waals surface area contributed by atoms with E-state index in [2.05, 4.69) is 17.5 Å². The molecule has 2 aromatic rings. The molecule has 0 spiro atoms. The summed E-state index contributed by atoms with van der Waals surface area (Å²) in [5, 5.41) is 4.86. The molecule has 2 aliphatic carbocycles. The van der Waals surface area contributed by atoms with Crippen molar-refractivity contribution in [3.8, 4) is 11.5 Å². The van der Waals surface area contributed by atoms with Gasteiger partial charge >= 0.3 is 0 Å². The van der Waals surface area contributed by atoms with E-state index in [9.17, 15) is 4.79 Å². The molecule has 0 radical (unpaired) electrons. The summed E-state index contributed by atoms with van der Waals surface area (Å²) in [6.45, 7) is 2.65. The number of carbonyl (C=O) groups excluding carboxylic acids is 1. The number of rotatable bonds is 7. The number of benzene rings is 2. The van der Waals surface area contributed by atoms with E-state index in [0.717, 1.165) is 24.0 Å². The summed E-state index contributed by atoms with van der Waals surface area (Å²) in [6, 6.07) is 13.1. The molecule has 2 aliphatic rings. The largest absolute Gasteiger partial charge is 0.493 e. The SMILES string of the molecule is COc1cc(/C=N\NC(=O)[C@H]2[C@@H]3CCCC[C@]32C)ccc1OCc1ccc(Cl)cc1. The van der Waals surface area contributed by atoms with E-state index in [4.69, 9.17) is 21.1 Å². The van der Waals surface area contributed by atoms with Gasteiger partial charge in [0.15, 0.2) is 11.5 Å². The number of ether oxygens (including phenoxy) is 2. The Morgan fingerprint density at radius 1 is 1.23 bits per heavy atom. The van der Waals surface area contributed by atoms with E-state index in [1.165, 1.54) is 12.8 Å². The van der Waals surface area contributed by atoms with E-state index >= 15 is 0 Å². The average molecular weight is 427 g/mol. The molecule has 5 nitrogen and oxygen atoms in total. The van der Waals surface area contributed by atoms with Crippen molar-refractivity contribution in [2.75, 3.05) is 7.11 Å². The van der Waals surface area contributed by atoms with Crippen molar-refractivity contribution in [3.63, 3.8) is 0 Å². The normalized spacial score (nSPS) is 24.9. The molecule has 158 valence electrons. The van der Waals surface area contributed by atoms with Crippen molar-refractivity contribution in [1.82, 2.24) is 5.43 Å². The van der Waals surface area contributed by atoms with Crippen molar-refractivity contribution < 1.29 is 14.3 Å². The van der Waals surface area contributed by atoms with Crippen LogP contribution >= 0.6 is 11.6 Å². The molecular formula is C24H27ClN2O3. The lowest BCUT2D eigenvalue weighted by Gasteiger charge is -2.15. The highest BCUT2D eigenvalue weighted by atomic mass is 35.5. The first-order valence-electron chi connectivity index (χ1n) is 10.4. The van der Waals surface area contributed by atoms with Crippen molar-refractivity contribution in [3.05, 3.63) is 58.6 Å². The molecule has 0 aliphatic heterocycles. The molecule has 0 unspecified atom stereocenters. The van der Waals surface area contributed by atoms with Crippen LogP contribution in [0.4, 0.5) is 0 Å². The van der Waals surface area contributed by atoms with Gasteiger partial charge < -0.3 is 9.47 Å². The number of nitrogens with one attached hydrogen (secondary N) is 1. The number of carbonyl (C=O) groups is 1. The third-order valence-electron chi connectivity index (χ3n) is 6.50. The van der Waals surface area contributed by atoms with E-state index in [-0.39, 0.29) is 17.2 Å². The highest BCUT2D eigenvalue weighted by molar-refractivity contribution is 6.30. The first-order chi connectivity index (χ1) is 14.5. The second-order valence-corrected chi connectivity index (χ2v) is 8.83. The Morgan fingerprint density at radius 2 is 2.03 bits per heavy atom. The van der Waals surface area contributed by atoms with Crippen molar-refractivity contribution >= 4 is 23.7 Å². The predicted molar refractivity (Wildman–Crippen MR) is 118 cm³/mol. The Kier molecular flexibility index (Phi) is 6.00. The molecule has 2 saturated carbocycles. The monoisotopic (exact) mass is 426 g/mol. The van der Waals surface area contributed by atoms with Crippen LogP contribution in [0.1, 0.15) is 43.7 Å². The van der Waals surface area contributed by atoms with Gasteiger partial charge in [-0.3, -0.25) is 4.79 Å². The van der Waals surface area contributed by atoms with Crippen LogP contribution in [0.15, 0.2) is 47.6 Å². The Bertz CT molecular complexity index is 944. The van der Waals surface area contributed by atoms with Gasteiger partial charge in [-0.15, -0.1) is 0 Å². The summed E-state index contributed by atoms with van der Waals surface area (Å²) in [7, 11) is 1.60. The van der Waals surface area contributed by atoms with Crippen molar-refractivity contribution in [2.45, 2.75) is 39.2 Å². The zero-order valence-electron chi connectivity index (χ0n) is 17.4. The maximum atomic E-state index is 12.5. The fourth-order valence-electron chi connectivity index (χ4n) is 4.72. The van der Waals surface area contributed by atoms with Crippen LogP contribution in [0.5, 0.6) is 11.5 Å². The lowest BCUT2D eigenvalue weighted by Crippen LogP contribution is -2.22. The Morgan fingerprint density at radius 3 is 2.73 bits per heavy atom. The summed E-state index contributed by atoms with van der Waals surface area (Å²) in [6.07, 6.45) is 6.41. The molecule has 1 N–H and O–H groups in total. The number of nitrogens with zero attached hydrogens (tertiary/aromatic N) is 1. The highest BCUT2D eigenvalue weighted by Gasteiger charge is 2.64. The second-order valence-electron chi connectivity index (χ2n) is 8.40. The summed E-state index contributed by atoms with van der Waals surface area (Å²) in [5.74, 6) is 1.92. The van der Waals surface area contributed by atoms with Crippen LogP contribution in [0.2, 0.25) is 5.02 Å². The molecule has 0 saturated heterocycles. The van der Waals surface area contributed by atoms with Gasteiger partial charge in [0.1, 0.15) is 6.61 Å². The molecule has 6 heteroatoms. The van der Waals surface area contributed by atoms with Crippen LogP contribution < -0.4 is 14.9 Å². The Balaban J connectivity index is 1.34. The summed E-state index contributed by atoms with van der Waals surface area (Å²) in [5.41, 5.74) is 4.75. The number of hydrogen-bond donors (Lipinski definition) is 1. The van der Waals surface area contributed by atoms with Gasteiger partial charge in [-0.2, -0.15) is 5.10 Å². The molecule has 2 fully saturated rings. The second kappa shape index (κ2) is 8.68. The average Bonchev–Trinajstić information content (AvgIpc) is 3.39. The number of hydrogen-bond acceptors (Lipinski definition) is 4. The quantitative estimate of drug-likeness (QED) is 0.488. The minimum Gasteiger partial charge on any atom is -0.493 e. The summed E-state index contributed by atoms with van der Waals surface area (Å²) < 4.78 is 11.3. The van der Waals surface area contributed by atoms with Crippen LogP contribution in [-0.4, -0.2) is 19.2 Å². The third kappa shape index (κ3) is 4.31. The summed E-state index contributed by atoms with van der Waals surface area (Å²) >= 11 is 5.91. The fourth-order valence-corrected chi connectivity index (χ4v) is 4.84. The van der Waals surface area contributed by atoms with E-state index < -0.39 is 0 Å². The fraction of sp³-hybridized carbons (Fsp3) is 0.417. The number of methoxy groups -OCH3 is 1. The zero-order valence-corrected chi connectivity index (χ0v) is 18.1. The van der Waals surface area contributed by atoms with Crippen molar-refractivity contribution in [1.29, 1.82) is 0 Å². The lowest BCUT2D eigenvalue weighted by atomic mass is 9.90. The molecular weight excluding hydrogens is 400 g/mol. The zero-order chi connectivity index (χ0) is 21.1. The minimum absolute atomic E-state index is 0.0375. The van der Waals surface area contributed by atoms with Crippen LogP contribution in [0, 0.1) is 17.3 Å². The molecule has 0 heterocycles. The first kappa shape index (κ1) is 20.7. The number of fused-ring (bicyclic) bond motifs is 1. The van der Waals surface area contributed by atoms with Gasteiger partial charge in [0.05, 0.1) is 13.3 Å². The Hall–Kier alpha value is -2.53. The van der Waals surface area contributed by atoms with Gasteiger partial charge in [-0.05, 0) is 65.6 Å². The van der Waals surface area contributed by atoms with Gasteiger partial charge in [0.25, 0.3) is 0 Å². The molecule has 3 atom stereocenters. The lowest BCUT2D eigenvalue weighted by molar-refractivity contribution is -0.123. The predicted octanol–water partition coefficient (Wildman–Crippen LogP) is 5.20. The van der Waals surface area contributed by atoms with Gasteiger partial charge in [0.2, 0.25) is 5.91 Å². The smallest absolute Gasteiger partial charge is 0.244 e. The highest BCUT2D eigenvalue weighted by Crippen LogP contribution is 2.66. The summed E-state index contributed by atoms with van der Waals surface area (Å²) in [4.78, 5) is 12.5. The van der Waals surface area contributed by atoms with Crippen molar-refractivity contribution in [2.24, 2.45) is 22.4 Å². The Labute approximate surface area is 182 Å². The minimum atomic E-state index is 0.0375. The van der Waals surface area contributed by atoms with E-state index in [0.29, 0.717) is 29.0 Å². The van der Waals surface area contributed by atoms with Gasteiger partial charge in [-0.1, -0.05) is 43.5 Å². The topological polar surface area (TPSA) is 59.9 Å². The first-order valence-corrected chi connectivity index (χ1v) is 10.8. The molecule has 2 aromatic carbocycles. The number of amides is 1. The van der Waals surface area contributed by atoms with Crippen LogP contribution in [0.3, 0.4) is 0 Å². The molecule has 4 rings (SSSR count).